The number of nitrogens with zero attached hydrogens (tertiary/aromatic N) is 3. The monoisotopic (exact) mass is 252 g/mol. The fraction of sp³-hybridized carbons (Fsp3) is 0.200. The standard InChI is InChI=1S/C15H14N3O/c1-10-12(7-8-14(16-10)19-3)13-6-4-5-11-9-18(2)17-15(11)13/h4-8H,1-3H3. The number of benzene rings is 1. The van der Waals surface area contributed by atoms with E-state index in [0.29, 0.717) is 5.88 Å². The molecule has 0 aliphatic rings. The van der Waals surface area contributed by atoms with Gasteiger partial charge in [0.1, 0.15) is 5.52 Å². The van der Waals surface area contributed by atoms with Gasteiger partial charge in [0.25, 0.3) is 0 Å². The van der Waals surface area contributed by atoms with Crippen molar-refractivity contribution >= 4 is 10.9 Å². The maximum atomic E-state index is 5.14. The lowest BCUT2D eigenvalue weighted by Crippen LogP contribution is -1.93. The van der Waals surface area contributed by atoms with E-state index in [0.717, 1.165) is 27.7 Å². The fourth-order valence-corrected chi connectivity index (χ4v) is 2.24. The van der Waals surface area contributed by atoms with Crippen LogP contribution >= 0.6 is 0 Å². The third-order valence-corrected chi connectivity index (χ3v) is 3.13. The Morgan fingerprint density at radius 2 is 2.00 bits per heavy atom. The van der Waals surface area contributed by atoms with Crippen molar-refractivity contribution in [3.05, 3.63) is 42.2 Å². The molecule has 2 aromatic heterocycles. The van der Waals surface area contributed by atoms with Gasteiger partial charge in [0.05, 0.1) is 13.3 Å². The van der Waals surface area contributed by atoms with E-state index in [9.17, 15) is 0 Å². The van der Waals surface area contributed by atoms with Crippen LogP contribution in [0.25, 0.3) is 22.0 Å². The van der Waals surface area contributed by atoms with Gasteiger partial charge in [-0.2, -0.15) is 5.10 Å². The average Bonchev–Trinajstić information content (AvgIpc) is 2.78. The topological polar surface area (TPSA) is 39.9 Å². The Hall–Kier alpha value is -2.36. The van der Waals surface area contributed by atoms with Crippen molar-refractivity contribution in [1.29, 1.82) is 0 Å². The molecular formula is C15H14N3O. The number of methoxy groups -OCH3 is 1. The lowest BCUT2D eigenvalue weighted by molar-refractivity contribution is 0.397. The molecule has 3 rings (SSSR count). The number of aromatic nitrogens is 3. The van der Waals surface area contributed by atoms with Crippen LogP contribution < -0.4 is 4.74 Å². The summed E-state index contributed by atoms with van der Waals surface area (Å²) in [5.41, 5.74) is 4.01. The number of fused-ring (bicyclic) bond motifs is 1. The molecule has 3 aromatic rings. The number of rotatable bonds is 2. The van der Waals surface area contributed by atoms with Crippen LogP contribution in [0.2, 0.25) is 0 Å². The minimum absolute atomic E-state index is 0.626. The summed E-state index contributed by atoms with van der Waals surface area (Å²) < 4.78 is 6.85. The third-order valence-electron chi connectivity index (χ3n) is 3.13. The SMILES string of the molecule is COc1ccc(-c2cccc3[c]n(C)nc23)c(C)n1. The smallest absolute Gasteiger partial charge is 0.213 e. The molecule has 0 saturated heterocycles. The van der Waals surface area contributed by atoms with Gasteiger partial charge in [0.2, 0.25) is 5.88 Å². The largest absolute Gasteiger partial charge is 0.481 e. The van der Waals surface area contributed by atoms with E-state index in [4.69, 9.17) is 4.74 Å². The lowest BCUT2D eigenvalue weighted by atomic mass is 10.0. The zero-order valence-corrected chi connectivity index (χ0v) is 11.1. The molecule has 0 fully saturated rings. The molecule has 0 spiro atoms. The van der Waals surface area contributed by atoms with Crippen LogP contribution in [0.4, 0.5) is 0 Å². The highest BCUT2D eigenvalue weighted by atomic mass is 16.5. The first-order chi connectivity index (χ1) is 9.19. The Labute approximate surface area is 111 Å². The van der Waals surface area contributed by atoms with Crippen molar-refractivity contribution in [3.8, 4) is 17.0 Å². The summed E-state index contributed by atoms with van der Waals surface area (Å²) in [5.74, 6) is 0.626. The van der Waals surface area contributed by atoms with E-state index in [1.165, 1.54) is 0 Å². The molecule has 1 radical (unpaired) electrons. The Morgan fingerprint density at radius 1 is 1.16 bits per heavy atom. The van der Waals surface area contributed by atoms with Crippen LogP contribution in [-0.2, 0) is 7.05 Å². The molecule has 4 heteroatoms. The van der Waals surface area contributed by atoms with Gasteiger partial charge in [-0.1, -0.05) is 18.2 Å². The van der Waals surface area contributed by atoms with Crippen LogP contribution in [0.3, 0.4) is 0 Å². The number of pyridine rings is 1. The number of aryl methyl sites for hydroxylation is 2. The molecule has 0 aliphatic heterocycles. The fourth-order valence-electron chi connectivity index (χ4n) is 2.24. The van der Waals surface area contributed by atoms with Gasteiger partial charge < -0.3 is 4.74 Å². The summed E-state index contributed by atoms with van der Waals surface area (Å²) in [4.78, 5) is 4.41. The van der Waals surface area contributed by atoms with E-state index in [-0.39, 0.29) is 0 Å². The van der Waals surface area contributed by atoms with Gasteiger partial charge in [-0.3, -0.25) is 4.68 Å². The van der Waals surface area contributed by atoms with Crippen molar-refractivity contribution in [2.75, 3.05) is 7.11 Å². The first-order valence-corrected chi connectivity index (χ1v) is 6.06. The zero-order chi connectivity index (χ0) is 13.4. The highest BCUT2D eigenvalue weighted by Gasteiger charge is 2.10. The molecule has 19 heavy (non-hydrogen) atoms. The summed E-state index contributed by atoms with van der Waals surface area (Å²) in [6.45, 7) is 1.98. The van der Waals surface area contributed by atoms with Crippen molar-refractivity contribution in [2.24, 2.45) is 7.05 Å². The molecule has 2 heterocycles. The van der Waals surface area contributed by atoms with Crippen molar-refractivity contribution < 1.29 is 4.74 Å². The second-order valence-corrected chi connectivity index (χ2v) is 4.42. The molecule has 0 bridgehead atoms. The summed E-state index contributed by atoms with van der Waals surface area (Å²) in [6, 6.07) is 9.97. The molecule has 0 aliphatic carbocycles. The molecule has 1 aromatic carbocycles. The van der Waals surface area contributed by atoms with E-state index >= 15 is 0 Å². The van der Waals surface area contributed by atoms with E-state index in [1.807, 2.05) is 38.2 Å². The van der Waals surface area contributed by atoms with Crippen molar-refractivity contribution in [3.63, 3.8) is 0 Å². The second-order valence-electron chi connectivity index (χ2n) is 4.42. The minimum atomic E-state index is 0.626. The van der Waals surface area contributed by atoms with Crippen molar-refractivity contribution in [2.45, 2.75) is 6.92 Å². The number of hydrogen-bond acceptors (Lipinski definition) is 3. The molecule has 0 saturated carbocycles. The number of hydrogen-bond donors (Lipinski definition) is 0. The van der Waals surface area contributed by atoms with Crippen LogP contribution in [0.15, 0.2) is 30.3 Å². The number of ether oxygens (including phenoxy) is 1. The Balaban J connectivity index is 2.24. The maximum absolute atomic E-state index is 5.14. The first kappa shape index (κ1) is 11.7. The van der Waals surface area contributed by atoms with Crippen LogP contribution in [0.1, 0.15) is 5.69 Å². The van der Waals surface area contributed by atoms with Gasteiger partial charge in [0, 0.05) is 35.3 Å². The third kappa shape index (κ3) is 1.95. The lowest BCUT2D eigenvalue weighted by Gasteiger charge is -2.07. The second kappa shape index (κ2) is 4.39. The van der Waals surface area contributed by atoms with Gasteiger partial charge in [-0.25, -0.2) is 4.98 Å². The molecule has 4 nitrogen and oxygen atoms in total. The molecule has 0 atom stereocenters. The molecule has 0 N–H and O–H groups in total. The Morgan fingerprint density at radius 3 is 2.74 bits per heavy atom. The van der Waals surface area contributed by atoms with E-state index < -0.39 is 0 Å². The molecule has 0 unspecified atom stereocenters. The highest BCUT2D eigenvalue weighted by molar-refractivity contribution is 5.93. The van der Waals surface area contributed by atoms with Crippen LogP contribution in [-0.4, -0.2) is 21.9 Å². The van der Waals surface area contributed by atoms with Gasteiger partial charge >= 0.3 is 0 Å². The molecular weight excluding hydrogens is 238 g/mol. The summed E-state index contributed by atoms with van der Waals surface area (Å²) in [7, 11) is 3.50. The predicted molar refractivity (Wildman–Crippen MR) is 74.1 cm³/mol. The van der Waals surface area contributed by atoms with E-state index in [1.54, 1.807) is 11.8 Å². The summed E-state index contributed by atoms with van der Waals surface area (Å²) in [6.07, 6.45) is 3.17. The molecule has 95 valence electrons. The van der Waals surface area contributed by atoms with Crippen LogP contribution in [0, 0.1) is 13.1 Å². The molecule has 0 amide bonds. The highest BCUT2D eigenvalue weighted by Crippen LogP contribution is 2.29. The average molecular weight is 252 g/mol. The summed E-state index contributed by atoms with van der Waals surface area (Å²) >= 11 is 0. The van der Waals surface area contributed by atoms with Crippen LogP contribution in [0.5, 0.6) is 5.88 Å². The zero-order valence-electron chi connectivity index (χ0n) is 11.1. The van der Waals surface area contributed by atoms with Gasteiger partial charge in [0.15, 0.2) is 0 Å². The van der Waals surface area contributed by atoms with E-state index in [2.05, 4.69) is 22.3 Å². The predicted octanol–water partition coefficient (Wildman–Crippen LogP) is 2.75. The normalized spacial score (nSPS) is 10.9. The first-order valence-electron chi connectivity index (χ1n) is 6.06. The van der Waals surface area contributed by atoms with Crippen molar-refractivity contribution in [1.82, 2.24) is 14.8 Å². The van der Waals surface area contributed by atoms with Gasteiger partial charge in [-0.05, 0) is 13.0 Å². The summed E-state index contributed by atoms with van der Waals surface area (Å²) in [5, 5.41) is 5.48. The quantitative estimate of drug-likeness (QED) is 0.704. The Bertz CT molecular complexity index is 746. The van der Waals surface area contributed by atoms with Gasteiger partial charge in [-0.15, -0.1) is 0 Å². The Kier molecular flexibility index (Phi) is 2.71. The maximum Gasteiger partial charge on any atom is 0.213 e. The minimum Gasteiger partial charge on any atom is -0.481 e.